The summed E-state index contributed by atoms with van der Waals surface area (Å²) in [5, 5.41) is 0. The molecule has 118 valence electrons. The molecule has 22 heavy (non-hydrogen) atoms. The summed E-state index contributed by atoms with van der Waals surface area (Å²) in [4.78, 5) is 27.7. The number of para-hydroxylation sites is 2. The lowest BCUT2D eigenvalue weighted by molar-refractivity contribution is -0.125. The summed E-state index contributed by atoms with van der Waals surface area (Å²) in [6.07, 6.45) is -0.816. The van der Waals surface area contributed by atoms with Crippen molar-refractivity contribution < 1.29 is 19.1 Å². The fourth-order valence-corrected chi connectivity index (χ4v) is 2.65. The zero-order valence-corrected chi connectivity index (χ0v) is 12.2. The fraction of sp³-hybridized carbons (Fsp3) is 0.467. The van der Waals surface area contributed by atoms with Gasteiger partial charge in [0.15, 0.2) is 6.10 Å². The second-order valence-electron chi connectivity index (χ2n) is 5.37. The number of anilines is 1. The van der Waals surface area contributed by atoms with Crippen LogP contribution in [0.5, 0.6) is 5.75 Å². The highest BCUT2D eigenvalue weighted by Crippen LogP contribution is 2.33. The molecule has 2 heterocycles. The number of nitrogens with zero attached hydrogens (tertiary/aromatic N) is 2. The van der Waals surface area contributed by atoms with E-state index >= 15 is 0 Å². The largest absolute Gasteiger partial charge is 0.477 e. The topological polar surface area (TPSA) is 85.1 Å². The number of benzene rings is 1. The van der Waals surface area contributed by atoms with Crippen molar-refractivity contribution in [2.75, 3.05) is 44.3 Å². The van der Waals surface area contributed by atoms with Gasteiger partial charge in [-0.1, -0.05) is 12.1 Å². The Morgan fingerprint density at radius 2 is 1.95 bits per heavy atom. The molecule has 1 saturated heterocycles. The smallest absolute Gasteiger partial charge is 0.260 e. The van der Waals surface area contributed by atoms with Gasteiger partial charge in [0.25, 0.3) is 5.91 Å². The van der Waals surface area contributed by atoms with Gasteiger partial charge in [0.05, 0.1) is 32.0 Å². The molecule has 0 unspecified atom stereocenters. The molecule has 1 fully saturated rings. The first-order valence-electron chi connectivity index (χ1n) is 7.30. The lowest BCUT2D eigenvalue weighted by Crippen LogP contribution is -2.52. The predicted molar refractivity (Wildman–Crippen MR) is 79.7 cm³/mol. The van der Waals surface area contributed by atoms with Crippen LogP contribution in [0.15, 0.2) is 24.3 Å². The highest BCUT2D eigenvalue weighted by Gasteiger charge is 2.33. The van der Waals surface area contributed by atoms with E-state index in [1.54, 1.807) is 17.0 Å². The molecule has 0 spiro atoms. The third-order valence-electron chi connectivity index (χ3n) is 3.85. The average molecular weight is 305 g/mol. The third-order valence-corrected chi connectivity index (χ3v) is 3.85. The van der Waals surface area contributed by atoms with Gasteiger partial charge in [-0.3, -0.25) is 14.5 Å². The number of morpholine rings is 1. The molecule has 3 rings (SSSR count). The van der Waals surface area contributed by atoms with Crippen molar-refractivity contribution in [3.05, 3.63) is 24.3 Å². The summed E-state index contributed by atoms with van der Waals surface area (Å²) >= 11 is 0. The Bertz CT molecular complexity index is 572. The monoisotopic (exact) mass is 305 g/mol. The lowest BCUT2D eigenvalue weighted by atomic mass is 10.1. The van der Waals surface area contributed by atoms with Crippen LogP contribution in [0.2, 0.25) is 0 Å². The van der Waals surface area contributed by atoms with Crippen LogP contribution in [0.25, 0.3) is 0 Å². The van der Waals surface area contributed by atoms with E-state index in [4.69, 9.17) is 15.2 Å². The van der Waals surface area contributed by atoms with Gasteiger partial charge < -0.3 is 20.1 Å². The van der Waals surface area contributed by atoms with Gasteiger partial charge in [0.2, 0.25) is 5.91 Å². The van der Waals surface area contributed by atoms with E-state index in [0.717, 1.165) is 13.1 Å². The summed E-state index contributed by atoms with van der Waals surface area (Å²) in [5.41, 5.74) is 6.02. The Labute approximate surface area is 128 Å². The maximum atomic E-state index is 12.6. The number of ether oxygens (including phenoxy) is 2. The summed E-state index contributed by atoms with van der Waals surface area (Å²) < 4.78 is 10.8. The minimum absolute atomic E-state index is 0.0658. The number of nitrogens with two attached hydrogens (primary N) is 1. The molecule has 2 amide bonds. The maximum absolute atomic E-state index is 12.6. The van der Waals surface area contributed by atoms with E-state index in [0.29, 0.717) is 31.2 Å². The van der Waals surface area contributed by atoms with Crippen LogP contribution in [-0.2, 0) is 14.3 Å². The number of hydrogen-bond donors (Lipinski definition) is 1. The molecule has 1 aromatic rings. The average Bonchev–Trinajstić information content (AvgIpc) is 2.54. The number of primary amides is 1. The molecule has 1 aromatic carbocycles. The van der Waals surface area contributed by atoms with Crippen molar-refractivity contribution in [3.8, 4) is 5.75 Å². The highest BCUT2D eigenvalue weighted by molar-refractivity contribution is 5.98. The number of hydrogen-bond acceptors (Lipinski definition) is 5. The quantitative estimate of drug-likeness (QED) is 0.821. The SMILES string of the molecule is NC(=O)[C@@H]1CN(C(=O)CN2CCOCC2)c2ccccc2O1. The molecule has 7 nitrogen and oxygen atoms in total. The second kappa shape index (κ2) is 6.33. The first-order valence-corrected chi connectivity index (χ1v) is 7.30. The Hall–Kier alpha value is -2.12. The van der Waals surface area contributed by atoms with E-state index in [-0.39, 0.29) is 12.5 Å². The Balaban J connectivity index is 1.78. The molecular weight excluding hydrogens is 286 g/mol. The van der Waals surface area contributed by atoms with Crippen LogP contribution in [0.3, 0.4) is 0 Å². The van der Waals surface area contributed by atoms with Gasteiger partial charge in [-0.05, 0) is 12.1 Å². The van der Waals surface area contributed by atoms with Gasteiger partial charge in [-0.25, -0.2) is 0 Å². The van der Waals surface area contributed by atoms with E-state index in [9.17, 15) is 9.59 Å². The standard InChI is InChI=1S/C15H19N3O4/c16-15(20)13-9-18(11-3-1-2-4-12(11)22-13)14(19)10-17-5-7-21-8-6-17/h1-4,13H,5-10H2,(H2,16,20)/t13-/m0/s1. The van der Waals surface area contributed by atoms with E-state index in [1.807, 2.05) is 17.0 Å². The fourth-order valence-electron chi connectivity index (χ4n) is 2.65. The minimum atomic E-state index is -0.816. The molecule has 2 aliphatic heterocycles. The lowest BCUT2D eigenvalue weighted by Gasteiger charge is -2.35. The molecule has 0 saturated carbocycles. The molecule has 7 heteroatoms. The molecule has 0 bridgehead atoms. The van der Waals surface area contributed by atoms with Crippen molar-refractivity contribution in [1.29, 1.82) is 0 Å². The van der Waals surface area contributed by atoms with Gasteiger partial charge in [-0.15, -0.1) is 0 Å². The first-order chi connectivity index (χ1) is 10.6. The van der Waals surface area contributed by atoms with Crippen LogP contribution in [0, 0.1) is 0 Å². The van der Waals surface area contributed by atoms with Crippen molar-refractivity contribution in [2.24, 2.45) is 5.73 Å². The number of carbonyl (C=O) groups excluding carboxylic acids is 2. The predicted octanol–water partition coefficient (Wildman–Crippen LogP) is -0.402. The van der Waals surface area contributed by atoms with Crippen molar-refractivity contribution >= 4 is 17.5 Å². The minimum Gasteiger partial charge on any atom is -0.477 e. The number of fused-ring (bicyclic) bond motifs is 1. The molecule has 0 aromatic heterocycles. The summed E-state index contributed by atoms with van der Waals surface area (Å²) in [6, 6.07) is 7.18. The molecule has 1 atom stereocenters. The normalized spacial score (nSPS) is 21.8. The van der Waals surface area contributed by atoms with Gasteiger partial charge in [0, 0.05) is 13.1 Å². The number of amides is 2. The number of carbonyl (C=O) groups is 2. The molecular formula is C15H19N3O4. The van der Waals surface area contributed by atoms with Crippen LogP contribution in [-0.4, -0.2) is 62.2 Å². The van der Waals surface area contributed by atoms with Crippen LogP contribution in [0.1, 0.15) is 0 Å². The third kappa shape index (κ3) is 3.05. The zero-order chi connectivity index (χ0) is 15.5. The summed E-state index contributed by atoms with van der Waals surface area (Å²) in [5.74, 6) is -0.129. The van der Waals surface area contributed by atoms with Crippen LogP contribution >= 0.6 is 0 Å². The summed E-state index contributed by atoms with van der Waals surface area (Å²) in [7, 11) is 0. The zero-order valence-electron chi connectivity index (χ0n) is 12.2. The van der Waals surface area contributed by atoms with Crippen molar-refractivity contribution in [3.63, 3.8) is 0 Å². The summed E-state index contributed by atoms with van der Waals surface area (Å²) in [6.45, 7) is 3.18. The van der Waals surface area contributed by atoms with E-state index < -0.39 is 12.0 Å². The Kier molecular flexibility index (Phi) is 4.26. The first kappa shape index (κ1) is 14.8. The molecule has 0 aliphatic carbocycles. The van der Waals surface area contributed by atoms with Crippen molar-refractivity contribution in [1.82, 2.24) is 4.90 Å². The van der Waals surface area contributed by atoms with Gasteiger partial charge in [0.1, 0.15) is 5.75 Å². The second-order valence-corrected chi connectivity index (χ2v) is 5.37. The van der Waals surface area contributed by atoms with Crippen LogP contribution < -0.4 is 15.4 Å². The van der Waals surface area contributed by atoms with E-state index in [1.165, 1.54) is 0 Å². The highest BCUT2D eigenvalue weighted by atomic mass is 16.5. The van der Waals surface area contributed by atoms with Crippen molar-refractivity contribution in [2.45, 2.75) is 6.10 Å². The van der Waals surface area contributed by atoms with E-state index in [2.05, 4.69) is 0 Å². The van der Waals surface area contributed by atoms with Gasteiger partial charge >= 0.3 is 0 Å². The Morgan fingerprint density at radius 3 is 2.68 bits per heavy atom. The number of rotatable bonds is 3. The maximum Gasteiger partial charge on any atom is 0.260 e. The molecule has 2 aliphatic rings. The van der Waals surface area contributed by atoms with Gasteiger partial charge in [-0.2, -0.15) is 0 Å². The van der Waals surface area contributed by atoms with Crippen LogP contribution in [0.4, 0.5) is 5.69 Å². The Morgan fingerprint density at radius 1 is 1.23 bits per heavy atom. The molecule has 2 N–H and O–H groups in total. The molecule has 0 radical (unpaired) electrons.